The van der Waals surface area contributed by atoms with E-state index in [-0.39, 0.29) is 0 Å². The van der Waals surface area contributed by atoms with Crippen molar-refractivity contribution in [3.05, 3.63) is 29.8 Å². The minimum atomic E-state index is 0.309. The predicted octanol–water partition coefficient (Wildman–Crippen LogP) is 0.816. The van der Waals surface area contributed by atoms with E-state index in [0.717, 1.165) is 45.0 Å². The summed E-state index contributed by atoms with van der Waals surface area (Å²) in [5, 5.41) is 6.76. The van der Waals surface area contributed by atoms with Gasteiger partial charge in [0.25, 0.3) is 0 Å². The highest BCUT2D eigenvalue weighted by atomic mass is 16.5. The average molecular weight is 250 g/mol. The summed E-state index contributed by atoms with van der Waals surface area (Å²) in [6, 6.07) is 8.21. The van der Waals surface area contributed by atoms with Gasteiger partial charge in [0.2, 0.25) is 0 Å². The predicted molar refractivity (Wildman–Crippen MR) is 72.2 cm³/mol. The van der Waals surface area contributed by atoms with E-state index < -0.39 is 0 Å². The first-order chi connectivity index (χ1) is 8.88. The molecule has 1 aliphatic rings. The smallest absolute Gasteiger partial charge is 0.119 e. The van der Waals surface area contributed by atoms with Crippen LogP contribution in [0.2, 0.25) is 0 Å². The van der Waals surface area contributed by atoms with Crippen molar-refractivity contribution in [2.24, 2.45) is 0 Å². The number of hydrogen-bond acceptors (Lipinski definition) is 4. The zero-order chi connectivity index (χ0) is 12.6. The van der Waals surface area contributed by atoms with E-state index in [0.29, 0.717) is 6.10 Å². The summed E-state index contributed by atoms with van der Waals surface area (Å²) < 4.78 is 10.8. The molecule has 1 atom stereocenters. The Labute approximate surface area is 109 Å². The SMILES string of the molecule is COc1cccc(CCNCC2CNCCO2)c1. The van der Waals surface area contributed by atoms with Crippen molar-refractivity contribution in [2.75, 3.05) is 39.9 Å². The molecule has 1 aliphatic heterocycles. The fraction of sp³-hybridized carbons (Fsp3) is 0.571. The Morgan fingerprint density at radius 1 is 1.50 bits per heavy atom. The van der Waals surface area contributed by atoms with E-state index in [9.17, 15) is 0 Å². The number of hydrogen-bond donors (Lipinski definition) is 2. The van der Waals surface area contributed by atoms with Crippen LogP contribution in [0.1, 0.15) is 5.56 Å². The van der Waals surface area contributed by atoms with Gasteiger partial charge in [0, 0.05) is 19.6 Å². The second-order valence-electron chi connectivity index (χ2n) is 4.50. The molecular weight excluding hydrogens is 228 g/mol. The summed E-state index contributed by atoms with van der Waals surface area (Å²) in [5.41, 5.74) is 1.30. The molecule has 1 heterocycles. The summed E-state index contributed by atoms with van der Waals surface area (Å²) in [7, 11) is 1.70. The fourth-order valence-electron chi connectivity index (χ4n) is 2.07. The van der Waals surface area contributed by atoms with Gasteiger partial charge in [-0.25, -0.2) is 0 Å². The van der Waals surface area contributed by atoms with E-state index >= 15 is 0 Å². The molecule has 1 aromatic rings. The second kappa shape index (κ2) is 7.36. The maximum absolute atomic E-state index is 5.62. The molecule has 1 aromatic carbocycles. The first-order valence-electron chi connectivity index (χ1n) is 6.54. The van der Waals surface area contributed by atoms with Crippen LogP contribution >= 0.6 is 0 Å². The van der Waals surface area contributed by atoms with Gasteiger partial charge in [0.15, 0.2) is 0 Å². The third-order valence-corrected chi connectivity index (χ3v) is 3.10. The van der Waals surface area contributed by atoms with Gasteiger partial charge in [0.1, 0.15) is 5.75 Å². The summed E-state index contributed by atoms with van der Waals surface area (Å²) in [4.78, 5) is 0. The molecule has 4 heteroatoms. The van der Waals surface area contributed by atoms with E-state index in [1.165, 1.54) is 5.56 Å². The number of morpholine rings is 1. The molecule has 1 saturated heterocycles. The van der Waals surface area contributed by atoms with E-state index in [4.69, 9.17) is 9.47 Å². The van der Waals surface area contributed by atoms with Crippen LogP contribution in [0.5, 0.6) is 5.75 Å². The van der Waals surface area contributed by atoms with Gasteiger partial charge in [-0.3, -0.25) is 0 Å². The Hall–Kier alpha value is -1.10. The standard InChI is InChI=1S/C14H22N2O2/c1-17-13-4-2-3-12(9-13)5-6-15-10-14-11-16-7-8-18-14/h2-4,9,14-16H,5-8,10-11H2,1H3. The van der Waals surface area contributed by atoms with Crippen LogP contribution < -0.4 is 15.4 Å². The molecule has 18 heavy (non-hydrogen) atoms. The number of ether oxygens (including phenoxy) is 2. The van der Waals surface area contributed by atoms with Crippen LogP contribution in [0.15, 0.2) is 24.3 Å². The second-order valence-corrected chi connectivity index (χ2v) is 4.50. The van der Waals surface area contributed by atoms with Crippen LogP contribution in [0, 0.1) is 0 Å². The van der Waals surface area contributed by atoms with Crippen molar-refractivity contribution in [3.63, 3.8) is 0 Å². The number of benzene rings is 1. The van der Waals surface area contributed by atoms with Gasteiger partial charge >= 0.3 is 0 Å². The molecule has 0 spiro atoms. The van der Waals surface area contributed by atoms with Crippen LogP contribution in [0.4, 0.5) is 0 Å². The minimum Gasteiger partial charge on any atom is -0.497 e. The maximum atomic E-state index is 5.62. The van der Waals surface area contributed by atoms with Crippen LogP contribution in [0.3, 0.4) is 0 Å². The Balaban J connectivity index is 1.65. The molecule has 4 nitrogen and oxygen atoms in total. The molecule has 0 bridgehead atoms. The van der Waals surface area contributed by atoms with Crippen LogP contribution in [-0.4, -0.2) is 46.0 Å². The van der Waals surface area contributed by atoms with Gasteiger partial charge in [-0.1, -0.05) is 12.1 Å². The fourth-order valence-corrected chi connectivity index (χ4v) is 2.07. The summed E-state index contributed by atoms with van der Waals surface area (Å²) in [5.74, 6) is 0.923. The van der Waals surface area contributed by atoms with Crippen molar-refractivity contribution in [2.45, 2.75) is 12.5 Å². The van der Waals surface area contributed by atoms with Crippen molar-refractivity contribution in [1.82, 2.24) is 10.6 Å². The quantitative estimate of drug-likeness (QED) is 0.734. The zero-order valence-electron chi connectivity index (χ0n) is 10.9. The normalized spacial score (nSPS) is 19.7. The van der Waals surface area contributed by atoms with Gasteiger partial charge in [-0.15, -0.1) is 0 Å². The Bertz CT molecular complexity index is 351. The summed E-state index contributed by atoms with van der Waals surface area (Å²) >= 11 is 0. The van der Waals surface area contributed by atoms with Gasteiger partial charge < -0.3 is 20.1 Å². The van der Waals surface area contributed by atoms with Crippen molar-refractivity contribution >= 4 is 0 Å². The molecule has 100 valence electrons. The molecule has 0 amide bonds. The van der Waals surface area contributed by atoms with Crippen molar-refractivity contribution in [3.8, 4) is 5.75 Å². The first kappa shape index (κ1) is 13.3. The molecule has 0 aliphatic carbocycles. The highest BCUT2D eigenvalue weighted by Crippen LogP contribution is 2.12. The lowest BCUT2D eigenvalue weighted by molar-refractivity contribution is 0.0294. The van der Waals surface area contributed by atoms with Crippen molar-refractivity contribution < 1.29 is 9.47 Å². The van der Waals surface area contributed by atoms with Gasteiger partial charge in [0.05, 0.1) is 19.8 Å². The third kappa shape index (κ3) is 4.29. The van der Waals surface area contributed by atoms with Gasteiger partial charge in [-0.2, -0.15) is 0 Å². The Kier molecular flexibility index (Phi) is 5.45. The number of rotatable bonds is 6. The zero-order valence-corrected chi connectivity index (χ0v) is 10.9. The third-order valence-electron chi connectivity index (χ3n) is 3.10. The lowest BCUT2D eigenvalue weighted by Gasteiger charge is -2.23. The molecule has 1 unspecified atom stereocenters. The number of methoxy groups -OCH3 is 1. The molecule has 2 rings (SSSR count). The maximum Gasteiger partial charge on any atom is 0.119 e. The topological polar surface area (TPSA) is 42.5 Å². The molecular formula is C14H22N2O2. The molecule has 0 aromatic heterocycles. The molecule has 0 radical (unpaired) electrons. The van der Waals surface area contributed by atoms with Crippen LogP contribution in [-0.2, 0) is 11.2 Å². The Morgan fingerprint density at radius 3 is 3.22 bits per heavy atom. The van der Waals surface area contributed by atoms with Gasteiger partial charge in [-0.05, 0) is 30.7 Å². The lowest BCUT2D eigenvalue weighted by atomic mass is 10.1. The molecule has 0 saturated carbocycles. The molecule has 1 fully saturated rings. The average Bonchev–Trinajstić information content (AvgIpc) is 2.45. The highest BCUT2D eigenvalue weighted by molar-refractivity contribution is 5.28. The van der Waals surface area contributed by atoms with Crippen molar-refractivity contribution in [1.29, 1.82) is 0 Å². The minimum absolute atomic E-state index is 0.309. The summed E-state index contributed by atoms with van der Waals surface area (Å²) in [6.07, 6.45) is 1.32. The molecule has 2 N–H and O–H groups in total. The summed E-state index contributed by atoms with van der Waals surface area (Å²) in [6.45, 7) is 4.62. The van der Waals surface area contributed by atoms with Crippen LogP contribution in [0.25, 0.3) is 0 Å². The lowest BCUT2D eigenvalue weighted by Crippen LogP contribution is -2.44. The van der Waals surface area contributed by atoms with E-state index in [2.05, 4.69) is 22.8 Å². The number of nitrogens with one attached hydrogen (secondary N) is 2. The first-order valence-corrected chi connectivity index (χ1v) is 6.54. The highest BCUT2D eigenvalue weighted by Gasteiger charge is 2.11. The Morgan fingerprint density at radius 2 is 2.44 bits per heavy atom. The van der Waals surface area contributed by atoms with E-state index in [1.54, 1.807) is 7.11 Å². The largest absolute Gasteiger partial charge is 0.497 e. The van der Waals surface area contributed by atoms with E-state index in [1.807, 2.05) is 12.1 Å². The monoisotopic (exact) mass is 250 g/mol.